The van der Waals surface area contributed by atoms with Crippen LogP contribution in [0.3, 0.4) is 0 Å². The minimum absolute atomic E-state index is 0.118. The number of rotatable bonds is 7. The molecule has 0 aliphatic heterocycles. The van der Waals surface area contributed by atoms with Crippen LogP contribution in [0.15, 0.2) is 78.9 Å². The first-order valence-corrected chi connectivity index (χ1v) is 8.47. The van der Waals surface area contributed by atoms with Crippen LogP contribution in [0.4, 0.5) is 0 Å². The van der Waals surface area contributed by atoms with E-state index in [1.54, 1.807) is 72.8 Å². The summed E-state index contributed by atoms with van der Waals surface area (Å²) in [6, 6.07) is 22.0. The van der Waals surface area contributed by atoms with Gasteiger partial charge in [-0.15, -0.1) is 0 Å². The van der Waals surface area contributed by atoms with E-state index in [9.17, 15) is 9.59 Å². The summed E-state index contributed by atoms with van der Waals surface area (Å²) in [7, 11) is 1.32. The molecule has 28 heavy (non-hydrogen) atoms. The van der Waals surface area contributed by atoms with Crippen molar-refractivity contribution in [1.29, 1.82) is 0 Å². The first-order chi connectivity index (χ1) is 13.7. The van der Waals surface area contributed by atoms with Gasteiger partial charge in [0.1, 0.15) is 22.8 Å². The third-order valence-corrected chi connectivity index (χ3v) is 3.78. The predicted molar refractivity (Wildman–Crippen MR) is 102 cm³/mol. The fourth-order valence-electron chi connectivity index (χ4n) is 2.38. The Morgan fingerprint density at radius 1 is 0.714 bits per heavy atom. The van der Waals surface area contributed by atoms with E-state index in [1.165, 1.54) is 7.11 Å². The van der Waals surface area contributed by atoms with Gasteiger partial charge in [-0.1, -0.05) is 30.3 Å². The molecule has 0 aliphatic carbocycles. The third kappa shape index (κ3) is 4.88. The Morgan fingerprint density at radius 2 is 1.39 bits per heavy atom. The Labute approximate surface area is 162 Å². The highest BCUT2D eigenvalue weighted by atomic mass is 16.7. The van der Waals surface area contributed by atoms with Gasteiger partial charge in [0, 0.05) is 0 Å². The van der Waals surface area contributed by atoms with Gasteiger partial charge in [-0.05, 0) is 48.5 Å². The molecule has 0 unspecified atom stereocenters. The summed E-state index contributed by atoms with van der Waals surface area (Å²) in [6.07, 6.45) is 0. The van der Waals surface area contributed by atoms with Crippen molar-refractivity contribution in [3.05, 3.63) is 90.0 Å². The van der Waals surface area contributed by atoms with Crippen molar-refractivity contribution < 1.29 is 28.5 Å². The van der Waals surface area contributed by atoms with Crippen molar-refractivity contribution in [3.63, 3.8) is 0 Å². The lowest BCUT2D eigenvalue weighted by atomic mass is 10.2. The minimum Gasteiger partial charge on any atom is -0.465 e. The predicted octanol–water partition coefficient (Wildman–Crippen LogP) is 4.11. The Hall–Kier alpha value is -3.80. The molecule has 0 amide bonds. The smallest absolute Gasteiger partial charge is 0.347 e. The molecule has 0 heterocycles. The van der Waals surface area contributed by atoms with Crippen LogP contribution in [0, 0.1) is 0 Å². The van der Waals surface area contributed by atoms with E-state index in [4.69, 9.17) is 14.2 Å². The monoisotopic (exact) mass is 378 g/mol. The number of hydrogen-bond donors (Lipinski definition) is 0. The number of methoxy groups -OCH3 is 1. The second-order valence-electron chi connectivity index (χ2n) is 5.62. The molecular formula is C22H18O6. The number of carbonyl (C=O) groups excluding carboxylic acids is 2. The third-order valence-electron chi connectivity index (χ3n) is 3.78. The maximum Gasteiger partial charge on any atom is 0.347 e. The number of carbonyl (C=O) groups is 2. The van der Waals surface area contributed by atoms with Crippen LogP contribution in [0.5, 0.6) is 17.2 Å². The van der Waals surface area contributed by atoms with Gasteiger partial charge in [0.15, 0.2) is 0 Å². The maximum absolute atomic E-state index is 12.4. The largest absolute Gasteiger partial charge is 0.465 e. The van der Waals surface area contributed by atoms with Gasteiger partial charge in [-0.3, -0.25) is 0 Å². The van der Waals surface area contributed by atoms with Crippen LogP contribution < -0.4 is 14.2 Å². The van der Waals surface area contributed by atoms with Gasteiger partial charge >= 0.3 is 11.9 Å². The lowest BCUT2D eigenvalue weighted by molar-refractivity contribution is 0.0600. The molecule has 0 saturated carbocycles. The van der Waals surface area contributed by atoms with Crippen LogP contribution in [0.25, 0.3) is 0 Å². The van der Waals surface area contributed by atoms with Crippen LogP contribution in [0.2, 0.25) is 0 Å². The molecule has 0 aromatic heterocycles. The molecule has 0 aliphatic rings. The molecule has 0 atom stereocenters. The lowest BCUT2D eigenvalue weighted by Crippen LogP contribution is -2.13. The first-order valence-electron chi connectivity index (χ1n) is 8.47. The van der Waals surface area contributed by atoms with E-state index in [2.05, 4.69) is 4.74 Å². The van der Waals surface area contributed by atoms with Crippen molar-refractivity contribution in [2.24, 2.45) is 0 Å². The topological polar surface area (TPSA) is 71.1 Å². The molecule has 0 radical (unpaired) electrons. The minimum atomic E-state index is -0.524. The first kappa shape index (κ1) is 19.0. The van der Waals surface area contributed by atoms with Crippen LogP contribution >= 0.6 is 0 Å². The molecule has 3 aromatic carbocycles. The van der Waals surface area contributed by atoms with E-state index >= 15 is 0 Å². The summed E-state index contributed by atoms with van der Waals surface area (Å²) in [5.41, 5.74) is 0.709. The van der Waals surface area contributed by atoms with E-state index in [0.717, 1.165) is 0 Å². The SMILES string of the molecule is COC(=O)c1ccc(OCOc2ccccc2C(=O)Oc2ccccc2)cc1. The molecule has 3 rings (SSSR count). The van der Waals surface area contributed by atoms with Gasteiger partial charge in [0.05, 0.1) is 12.7 Å². The van der Waals surface area contributed by atoms with Gasteiger partial charge < -0.3 is 18.9 Å². The summed E-state index contributed by atoms with van der Waals surface area (Å²) in [4.78, 5) is 23.8. The number of hydrogen-bond acceptors (Lipinski definition) is 6. The average Bonchev–Trinajstić information content (AvgIpc) is 2.74. The molecule has 0 fully saturated rings. The molecule has 0 bridgehead atoms. The summed E-state index contributed by atoms with van der Waals surface area (Å²) >= 11 is 0. The van der Waals surface area contributed by atoms with Crippen molar-refractivity contribution in [2.45, 2.75) is 0 Å². The second kappa shape index (κ2) is 9.23. The van der Waals surface area contributed by atoms with Gasteiger partial charge in [-0.25, -0.2) is 9.59 Å². The molecule has 0 spiro atoms. The maximum atomic E-state index is 12.4. The second-order valence-corrected chi connectivity index (χ2v) is 5.62. The Bertz CT molecular complexity index is 935. The number of para-hydroxylation sites is 2. The van der Waals surface area contributed by atoms with Crippen LogP contribution in [0.1, 0.15) is 20.7 Å². The van der Waals surface area contributed by atoms with Crippen LogP contribution in [-0.2, 0) is 4.74 Å². The summed E-state index contributed by atoms with van der Waals surface area (Å²) in [6.45, 7) is -0.118. The van der Waals surface area contributed by atoms with E-state index < -0.39 is 11.9 Å². The fraction of sp³-hybridized carbons (Fsp3) is 0.0909. The zero-order valence-electron chi connectivity index (χ0n) is 15.2. The summed E-state index contributed by atoms with van der Waals surface area (Å²) in [5.74, 6) is 0.355. The van der Waals surface area contributed by atoms with E-state index in [0.29, 0.717) is 22.8 Å². The molecular weight excluding hydrogens is 360 g/mol. The molecule has 0 saturated heterocycles. The highest BCUT2D eigenvalue weighted by Gasteiger charge is 2.14. The van der Waals surface area contributed by atoms with Crippen molar-refractivity contribution >= 4 is 11.9 Å². The van der Waals surface area contributed by atoms with Gasteiger partial charge in [-0.2, -0.15) is 0 Å². The quantitative estimate of drug-likeness (QED) is 0.350. The number of ether oxygens (including phenoxy) is 4. The summed E-state index contributed by atoms with van der Waals surface area (Å²) in [5, 5.41) is 0. The number of esters is 2. The van der Waals surface area contributed by atoms with Crippen molar-refractivity contribution in [3.8, 4) is 17.2 Å². The molecule has 142 valence electrons. The van der Waals surface area contributed by atoms with Crippen molar-refractivity contribution in [2.75, 3.05) is 13.9 Å². The molecule has 3 aromatic rings. The highest BCUT2D eigenvalue weighted by molar-refractivity contribution is 5.94. The lowest BCUT2D eigenvalue weighted by Gasteiger charge is -2.12. The highest BCUT2D eigenvalue weighted by Crippen LogP contribution is 2.21. The van der Waals surface area contributed by atoms with Crippen molar-refractivity contribution in [1.82, 2.24) is 0 Å². The molecule has 6 heteroatoms. The number of benzene rings is 3. The molecule has 0 N–H and O–H groups in total. The molecule has 6 nitrogen and oxygen atoms in total. The normalized spacial score (nSPS) is 10.0. The Morgan fingerprint density at radius 3 is 2.11 bits per heavy atom. The van der Waals surface area contributed by atoms with E-state index in [1.807, 2.05) is 6.07 Å². The van der Waals surface area contributed by atoms with Gasteiger partial charge in [0.25, 0.3) is 0 Å². The van der Waals surface area contributed by atoms with E-state index in [-0.39, 0.29) is 12.4 Å². The summed E-state index contributed by atoms with van der Waals surface area (Å²) < 4.78 is 21.1. The zero-order chi connectivity index (χ0) is 19.8. The fourth-order valence-corrected chi connectivity index (χ4v) is 2.38. The average molecular weight is 378 g/mol. The van der Waals surface area contributed by atoms with Crippen LogP contribution in [-0.4, -0.2) is 25.8 Å². The standard InChI is InChI=1S/C22H18O6/c1-25-21(23)16-11-13-17(14-12-16)26-15-27-20-10-6-5-9-19(20)22(24)28-18-7-3-2-4-8-18/h2-14H,15H2,1H3. The zero-order valence-corrected chi connectivity index (χ0v) is 15.2. The van der Waals surface area contributed by atoms with Gasteiger partial charge in [0.2, 0.25) is 6.79 Å². The Balaban J connectivity index is 1.60. The Kier molecular flexibility index (Phi) is 6.25.